The van der Waals surface area contributed by atoms with Gasteiger partial charge in [-0.2, -0.15) is 0 Å². The molecule has 94 valence electrons. The van der Waals surface area contributed by atoms with E-state index in [0.717, 1.165) is 16.5 Å². The van der Waals surface area contributed by atoms with Gasteiger partial charge in [0.2, 0.25) is 5.67 Å². The number of aromatic amines is 1. The Hall–Kier alpha value is -1.88. The van der Waals surface area contributed by atoms with Crippen molar-refractivity contribution in [2.45, 2.75) is 12.2 Å². The monoisotopic (exact) mass is 247 g/mol. The van der Waals surface area contributed by atoms with Crippen LogP contribution < -0.4 is 10.6 Å². The predicted octanol–water partition coefficient (Wildman–Crippen LogP) is 1.10. The molecule has 0 radical (unpaired) electrons. The van der Waals surface area contributed by atoms with Gasteiger partial charge in [0, 0.05) is 36.7 Å². The second kappa shape index (κ2) is 4.10. The summed E-state index contributed by atoms with van der Waals surface area (Å²) in [5, 5.41) is 6.46. The first-order chi connectivity index (χ1) is 8.69. The van der Waals surface area contributed by atoms with Gasteiger partial charge in [-0.3, -0.25) is 4.79 Å². The van der Waals surface area contributed by atoms with E-state index in [1.54, 1.807) is 0 Å². The zero-order chi connectivity index (χ0) is 12.6. The van der Waals surface area contributed by atoms with Gasteiger partial charge in [0.1, 0.15) is 0 Å². The van der Waals surface area contributed by atoms with Crippen molar-refractivity contribution in [2.24, 2.45) is 0 Å². The van der Waals surface area contributed by atoms with Gasteiger partial charge in [0.15, 0.2) is 0 Å². The number of H-pyrrole nitrogens is 1. The van der Waals surface area contributed by atoms with Crippen molar-refractivity contribution < 1.29 is 9.18 Å². The molecule has 5 heteroatoms. The van der Waals surface area contributed by atoms with Crippen LogP contribution in [-0.2, 0) is 11.3 Å². The molecule has 2 aromatic rings. The van der Waals surface area contributed by atoms with Gasteiger partial charge in [-0.15, -0.1) is 0 Å². The van der Waals surface area contributed by atoms with E-state index in [9.17, 15) is 9.18 Å². The lowest BCUT2D eigenvalue weighted by atomic mass is 9.98. The molecule has 3 rings (SSSR count). The lowest BCUT2D eigenvalue weighted by Gasteiger charge is -2.33. The third-order valence-corrected chi connectivity index (χ3v) is 3.33. The first-order valence-corrected chi connectivity index (χ1v) is 5.92. The first kappa shape index (κ1) is 11.2. The fourth-order valence-corrected chi connectivity index (χ4v) is 2.12. The van der Waals surface area contributed by atoms with Crippen molar-refractivity contribution in [3.8, 4) is 0 Å². The summed E-state index contributed by atoms with van der Waals surface area (Å²) in [5.41, 5.74) is 0.253. The summed E-state index contributed by atoms with van der Waals surface area (Å²) in [6.07, 6.45) is 1.84. The number of rotatable bonds is 3. The number of hydrogen-bond donors (Lipinski definition) is 3. The van der Waals surface area contributed by atoms with Crippen molar-refractivity contribution in [3.05, 3.63) is 36.0 Å². The number of halogens is 1. The maximum atomic E-state index is 13.8. The third kappa shape index (κ3) is 1.76. The maximum Gasteiger partial charge on any atom is 0.260 e. The molecule has 1 aliphatic rings. The van der Waals surface area contributed by atoms with Crippen LogP contribution in [0, 0.1) is 0 Å². The quantitative estimate of drug-likeness (QED) is 0.760. The predicted molar refractivity (Wildman–Crippen MR) is 66.9 cm³/mol. The second-order valence-corrected chi connectivity index (χ2v) is 4.61. The second-order valence-electron chi connectivity index (χ2n) is 4.61. The van der Waals surface area contributed by atoms with E-state index in [-0.39, 0.29) is 13.1 Å². The largest absolute Gasteiger partial charge is 0.361 e. The van der Waals surface area contributed by atoms with E-state index < -0.39 is 11.6 Å². The summed E-state index contributed by atoms with van der Waals surface area (Å²) in [5.74, 6) is -0.536. The van der Waals surface area contributed by atoms with E-state index in [0.29, 0.717) is 6.54 Å². The Bertz CT molecular complexity index is 589. The molecule has 1 saturated heterocycles. The molecular weight excluding hydrogens is 233 g/mol. The third-order valence-electron chi connectivity index (χ3n) is 3.33. The highest BCUT2D eigenvalue weighted by Crippen LogP contribution is 2.19. The van der Waals surface area contributed by atoms with Crippen LogP contribution in [0.5, 0.6) is 0 Å². The number of amides is 1. The van der Waals surface area contributed by atoms with Gasteiger partial charge >= 0.3 is 0 Å². The van der Waals surface area contributed by atoms with Crippen LogP contribution in [0.3, 0.4) is 0 Å². The summed E-state index contributed by atoms with van der Waals surface area (Å²) in [7, 11) is 0. The zero-order valence-electron chi connectivity index (χ0n) is 9.79. The van der Waals surface area contributed by atoms with Crippen molar-refractivity contribution in [1.82, 2.24) is 15.6 Å². The average molecular weight is 247 g/mol. The van der Waals surface area contributed by atoms with Crippen LogP contribution >= 0.6 is 0 Å². The normalized spacial score (nSPS) is 17.4. The van der Waals surface area contributed by atoms with E-state index in [1.165, 1.54) is 0 Å². The molecule has 1 aromatic carbocycles. The average Bonchev–Trinajstić information content (AvgIpc) is 2.76. The van der Waals surface area contributed by atoms with Gasteiger partial charge in [-0.25, -0.2) is 4.39 Å². The van der Waals surface area contributed by atoms with Gasteiger partial charge in [-0.1, -0.05) is 18.2 Å². The molecule has 4 nitrogen and oxygen atoms in total. The van der Waals surface area contributed by atoms with E-state index in [1.807, 2.05) is 30.5 Å². The van der Waals surface area contributed by atoms with Gasteiger partial charge in [0.05, 0.1) is 0 Å². The van der Waals surface area contributed by atoms with Crippen molar-refractivity contribution in [2.75, 3.05) is 13.1 Å². The van der Waals surface area contributed by atoms with Crippen molar-refractivity contribution >= 4 is 16.8 Å². The minimum Gasteiger partial charge on any atom is -0.361 e. The molecule has 1 aliphatic heterocycles. The zero-order valence-corrected chi connectivity index (χ0v) is 9.79. The van der Waals surface area contributed by atoms with Crippen LogP contribution in [-0.4, -0.2) is 29.6 Å². The summed E-state index contributed by atoms with van der Waals surface area (Å²) in [6, 6.07) is 7.82. The Morgan fingerprint density at radius 1 is 1.39 bits per heavy atom. The molecule has 0 saturated carbocycles. The number of aromatic nitrogens is 1. The Labute approximate surface area is 104 Å². The van der Waals surface area contributed by atoms with E-state index in [4.69, 9.17) is 0 Å². The number of para-hydroxylation sites is 1. The number of benzene rings is 1. The lowest BCUT2D eigenvalue weighted by Crippen LogP contribution is -2.64. The number of carbonyl (C=O) groups is 1. The van der Waals surface area contributed by atoms with E-state index >= 15 is 0 Å². The number of fused-ring (bicyclic) bond motifs is 1. The van der Waals surface area contributed by atoms with E-state index in [2.05, 4.69) is 15.6 Å². The molecule has 0 unspecified atom stereocenters. The number of carbonyl (C=O) groups excluding carboxylic acids is 1. The molecule has 1 amide bonds. The number of alkyl halides is 1. The molecular formula is C13H14FN3O. The first-order valence-electron chi connectivity index (χ1n) is 5.92. The topological polar surface area (TPSA) is 56.9 Å². The highest BCUT2D eigenvalue weighted by atomic mass is 19.1. The van der Waals surface area contributed by atoms with Gasteiger partial charge in [0.25, 0.3) is 5.91 Å². The molecule has 0 spiro atoms. The summed E-state index contributed by atoms with van der Waals surface area (Å²) < 4.78 is 13.8. The fraction of sp³-hybridized carbons (Fsp3) is 0.308. The Morgan fingerprint density at radius 2 is 2.17 bits per heavy atom. The number of nitrogens with one attached hydrogen (secondary N) is 3. The van der Waals surface area contributed by atoms with Crippen LogP contribution in [0.1, 0.15) is 5.56 Å². The summed E-state index contributed by atoms with van der Waals surface area (Å²) >= 11 is 0. The van der Waals surface area contributed by atoms with Crippen LogP contribution in [0.25, 0.3) is 10.9 Å². The van der Waals surface area contributed by atoms with Gasteiger partial charge in [-0.05, 0) is 11.6 Å². The van der Waals surface area contributed by atoms with Crippen molar-refractivity contribution in [3.63, 3.8) is 0 Å². The highest BCUT2D eigenvalue weighted by Gasteiger charge is 2.44. The smallest absolute Gasteiger partial charge is 0.260 e. The molecule has 1 aromatic heterocycles. The fourth-order valence-electron chi connectivity index (χ4n) is 2.12. The molecule has 0 bridgehead atoms. The standard InChI is InChI=1S/C13H14FN3O/c14-13(7-15-8-13)12(18)17-6-9-5-16-11-4-2-1-3-10(9)11/h1-5,15-16H,6-8H2,(H,17,18). The van der Waals surface area contributed by atoms with Crippen LogP contribution in [0.2, 0.25) is 0 Å². The highest BCUT2D eigenvalue weighted by molar-refractivity contribution is 5.88. The van der Waals surface area contributed by atoms with Crippen LogP contribution in [0.15, 0.2) is 30.5 Å². The minimum atomic E-state index is -1.73. The molecule has 0 atom stereocenters. The molecule has 1 fully saturated rings. The molecule has 2 heterocycles. The summed E-state index contributed by atoms with van der Waals surface area (Å²) in [4.78, 5) is 14.8. The number of hydrogen-bond acceptors (Lipinski definition) is 2. The lowest BCUT2D eigenvalue weighted by molar-refractivity contribution is -0.136. The van der Waals surface area contributed by atoms with Gasteiger partial charge < -0.3 is 15.6 Å². The van der Waals surface area contributed by atoms with Crippen molar-refractivity contribution in [1.29, 1.82) is 0 Å². The SMILES string of the molecule is O=C(NCc1c[nH]c2ccccc12)C1(F)CNC1. The maximum absolute atomic E-state index is 13.8. The Morgan fingerprint density at radius 3 is 2.89 bits per heavy atom. The summed E-state index contributed by atoms with van der Waals surface area (Å²) in [6.45, 7) is 0.550. The Kier molecular flexibility index (Phi) is 2.56. The molecule has 18 heavy (non-hydrogen) atoms. The Balaban J connectivity index is 1.71. The molecule has 3 N–H and O–H groups in total. The minimum absolute atomic E-state index is 0.104. The molecule has 0 aliphatic carbocycles. The van der Waals surface area contributed by atoms with Crippen LogP contribution in [0.4, 0.5) is 4.39 Å².